The van der Waals surface area contributed by atoms with Crippen molar-refractivity contribution in [3.8, 4) is 22.5 Å². The maximum atomic E-state index is 13.5. The summed E-state index contributed by atoms with van der Waals surface area (Å²) in [5.74, 6) is 0.128. The first-order valence-electron chi connectivity index (χ1n) is 10.5. The molecule has 0 saturated heterocycles. The van der Waals surface area contributed by atoms with E-state index in [-0.39, 0.29) is 16.9 Å². The second-order valence-electron chi connectivity index (χ2n) is 10.3. The first-order valence-corrected chi connectivity index (χ1v) is 10.5. The first-order chi connectivity index (χ1) is 14.1. The lowest BCUT2D eigenvalue weighted by Gasteiger charge is -2.32. The minimum Gasteiger partial charge on any atom is -0.307 e. The Hall–Kier alpha value is -2.95. The average Bonchev–Trinajstić information content (AvgIpc) is 3.08. The molecule has 0 spiro atoms. The number of para-hydroxylation sites is 1. The summed E-state index contributed by atoms with van der Waals surface area (Å²) >= 11 is 0. The highest BCUT2D eigenvalue weighted by atomic mass is 16.2. The van der Waals surface area contributed by atoms with E-state index >= 15 is 0 Å². The molecular formula is C25H30N4O. The van der Waals surface area contributed by atoms with Crippen LogP contribution in [0.2, 0.25) is 0 Å². The molecule has 4 rings (SSSR count). The summed E-state index contributed by atoms with van der Waals surface area (Å²) in [7, 11) is 0. The van der Waals surface area contributed by atoms with Crippen molar-refractivity contribution in [2.45, 2.75) is 60.0 Å². The smallest absolute Gasteiger partial charge is 0.227 e. The Labute approximate surface area is 178 Å². The summed E-state index contributed by atoms with van der Waals surface area (Å²) < 4.78 is 1.98. The maximum Gasteiger partial charge on any atom is 0.227 e. The highest BCUT2D eigenvalue weighted by Gasteiger charge is 2.32. The highest BCUT2D eigenvalue weighted by molar-refractivity contribution is 6.00. The molecular weight excluding hydrogens is 372 g/mol. The Morgan fingerprint density at radius 3 is 2.23 bits per heavy atom. The van der Waals surface area contributed by atoms with Crippen molar-refractivity contribution in [3.05, 3.63) is 54.1 Å². The number of aromatic nitrogens is 3. The average molecular weight is 403 g/mol. The van der Waals surface area contributed by atoms with Crippen molar-refractivity contribution in [1.82, 2.24) is 15.0 Å². The minimum atomic E-state index is -0.248. The lowest BCUT2D eigenvalue weighted by atomic mass is 9.90. The molecule has 0 unspecified atom stereocenters. The van der Waals surface area contributed by atoms with E-state index in [1.807, 2.05) is 39.9 Å². The van der Waals surface area contributed by atoms with Crippen LogP contribution in [0.25, 0.3) is 22.5 Å². The molecule has 1 aliphatic rings. The van der Waals surface area contributed by atoms with E-state index in [0.717, 1.165) is 33.8 Å². The van der Waals surface area contributed by atoms with Crippen LogP contribution in [-0.4, -0.2) is 20.9 Å². The zero-order valence-electron chi connectivity index (χ0n) is 18.7. The molecule has 0 aliphatic carbocycles. The largest absolute Gasteiger partial charge is 0.307 e. The summed E-state index contributed by atoms with van der Waals surface area (Å²) in [6.45, 7) is 13.2. The summed E-state index contributed by atoms with van der Waals surface area (Å²) in [6.07, 6.45) is 0.479. The molecule has 5 nitrogen and oxygen atoms in total. The molecule has 1 aliphatic heterocycles. The van der Waals surface area contributed by atoms with Crippen LogP contribution in [-0.2, 0) is 16.9 Å². The number of hydrogen-bond acceptors (Lipinski definition) is 3. The number of fused-ring (bicyclic) bond motifs is 5. The molecule has 5 heteroatoms. The summed E-state index contributed by atoms with van der Waals surface area (Å²) in [5.41, 5.74) is 5.51. The van der Waals surface area contributed by atoms with Gasteiger partial charge in [0.2, 0.25) is 5.91 Å². The Balaban J connectivity index is 2.02. The van der Waals surface area contributed by atoms with Crippen LogP contribution in [0.1, 0.15) is 53.5 Å². The van der Waals surface area contributed by atoms with E-state index in [4.69, 9.17) is 0 Å². The highest BCUT2D eigenvalue weighted by Crippen LogP contribution is 2.43. The first kappa shape index (κ1) is 20.3. The Bertz CT molecular complexity index is 1100. The molecule has 2 aromatic carbocycles. The van der Waals surface area contributed by atoms with Gasteiger partial charge in [-0.2, -0.15) is 0 Å². The van der Waals surface area contributed by atoms with Crippen LogP contribution in [0, 0.1) is 5.41 Å². The van der Waals surface area contributed by atoms with Gasteiger partial charge in [0.1, 0.15) is 5.69 Å². The molecule has 1 amide bonds. The van der Waals surface area contributed by atoms with Crippen LogP contribution < -0.4 is 4.90 Å². The fraction of sp³-hybridized carbons (Fsp3) is 0.400. The maximum absolute atomic E-state index is 13.5. The van der Waals surface area contributed by atoms with Gasteiger partial charge in [-0.1, -0.05) is 68.4 Å². The van der Waals surface area contributed by atoms with Crippen molar-refractivity contribution in [3.63, 3.8) is 0 Å². The van der Waals surface area contributed by atoms with Crippen LogP contribution in [0.15, 0.2) is 48.5 Å². The Kier molecular flexibility index (Phi) is 4.80. The lowest BCUT2D eigenvalue weighted by Crippen LogP contribution is -2.34. The van der Waals surface area contributed by atoms with Gasteiger partial charge in [0.05, 0.1) is 23.5 Å². The summed E-state index contributed by atoms with van der Waals surface area (Å²) in [4.78, 5) is 15.4. The fourth-order valence-electron chi connectivity index (χ4n) is 4.00. The van der Waals surface area contributed by atoms with Crippen LogP contribution >= 0.6 is 0 Å². The Morgan fingerprint density at radius 1 is 0.933 bits per heavy atom. The van der Waals surface area contributed by atoms with Crippen molar-refractivity contribution < 1.29 is 4.79 Å². The van der Waals surface area contributed by atoms with Crippen molar-refractivity contribution in [1.29, 1.82) is 0 Å². The summed E-state index contributed by atoms with van der Waals surface area (Å²) in [5, 5.41) is 9.15. The lowest BCUT2D eigenvalue weighted by molar-refractivity contribution is -0.120. The van der Waals surface area contributed by atoms with Crippen LogP contribution in [0.4, 0.5) is 5.69 Å². The van der Waals surface area contributed by atoms with Crippen molar-refractivity contribution in [2.75, 3.05) is 4.90 Å². The van der Waals surface area contributed by atoms with E-state index in [1.54, 1.807) is 0 Å². The van der Waals surface area contributed by atoms with E-state index in [1.165, 1.54) is 0 Å². The molecule has 0 radical (unpaired) electrons. The van der Waals surface area contributed by atoms with E-state index in [0.29, 0.717) is 13.0 Å². The van der Waals surface area contributed by atoms with Gasteiger partial charge in [-0.3, -0.25) is 4.79 Å². The molecule has 0 saturated carbocycles. The third kappa shape index (κ3) is 3.64. The number of anilines is 1. The number of rotatable bonds is 1. The van der Waals surface area contributed by atoms with Gasteiger partial charge in [-0.15, -0.1) is 5.10 Å². The molecule has 0 bridgehead atoms. The van der Waals surface area contributed by atoms with Crippen LogP contribution in [0.3, 0.4) is 0 Å². The number of nitrogens with zero attached hydrogens (tertiary/aromatic N) is 4. The standard InChI is InChI=1S/C25H30N4O/c1-24(2,3)15-21(30)28-16-17-11-7-8-12-18(17)22-23(19-13-9-10-14-20(19)28)29(27-26-22)25(4,5)6/h7-14H,15-16H2,1-6H3. The van der Waals surface area contributed by atoms with Crippen molar-refractivity contribution >= 4 is 11.6 Å². The number of carbonyl (C=O) groups is 1. The normalized spacial score (nSPS) is 13.7. The zero-order valence-corrected chi connectivity index (χ0v) is 18.7. The Morgan fingerprint density at radius 2 is 1.57 bits per heavy atom. The van der Waals surface area contributed by atoms with Gasteiger partial charge in [-0.25, -0.2) is 4.68 Å². The van der Waals surface area contributed by atoms with Gasteiger partial charge < -0.3 is 4.90 Å². The molecule has 0 atom stereocenters. The molecule has 3 aromatic rings. The third-order valence-corrected chi connectivity index (χ3v) is 5.34. The molecule has 0 N–H and O–H groups in total. The topological polar surface area (TPSA) is 51.0 Å². The SMILES string of the molecule is CC(C)(C)CC(=O)N1Cc2ccccc2-c2nnn(C(C)(C)C)c2-c2ccccc21. The third-order valence-electron chi connectivity index (χ3n) is 5.34. The number of carbonyl (C=O) groups excluding carboxylic acids is 1. The predicted octanol–water partition coefficient (Wildman–Crippen LogP) is 5.65. The second kappa shape index (κ2) is 7.08. The van der Waals surface area contributed by atoms with E-state index in [9.17, 15) is 4.79 Å². The fourth-order valence-corrected chi connectivity index (χ4v) is 4.00. The number of benzene rings is 2. The molecule has 1 aromatic heterocycles. The molecule has 30 heavy (non-hydrogen) atoms. The zero-order chi connectivity index (χ0) is 21.7. The predicted molar refractivity (Wildman–Crippen MR) is 121 cm³/mol. The van der Waals surface area contributed by atoms with Gasteiger partial charge in [-0.05, 0) is 37.8 Å². The van der Waals surface area contributed by atoms with Crippen LogP contribution in [0.5, 0.6) is 0 Å². The van der Waals surface area contributed by atoms with Gasteiger partial charge in [0.15, 0.2) is 0 Å². The van der Waals surface area contributed by atoms with E-state index < -0.39 is 0 Å². The number of amides is 1. The molecule has 0 fully saturated rings. The second-order valence-corrected chi connectivity index (χ2v) is 10.3. The van der Waals surface area contributed by atoms with Gasteiger partial charge in [0, 0.05) is 17.5 Å². The van der Waals surface area contributed by atoms with E-state index in [2.05, 4.69) is 70.1 Å². The quantitative estimate of drug-likeness (QED) is 0.528. The van der Waals surface area contributed by atoms with Gasteiger partial charge >= 0.3 is 0 Å². The van der Waals surface area contributed by atoms with Gasteiger partial charge in [0.25, 0.3) is 0 Å². The summed E-state index contributed by atoms with van der Waals surface area (Å²) in [6, 6.07) is 16.3. The minimum absolute atomic E-state index is 0.0895. The number of hydrogen-bond donors (Lipinski definition) is 0. The van der Waals surface area contributed by atoms with Crippen molar-refractivity contribution in [2.24, 2.45) is 5.41 Å². The molecule has 2 heterocycles. The monoisotopic (exact) mass is 402 g/mol. The molecule has 156 valence electrons.